The van der Waals surface area contributed by atoms with Crippen LogP contribution in [-0.4, -0.2) is 47.7 Å². The lowest BCUT2D eigenvalue weighted by Gasteiger charge is -2.34. The zero-order chi connectivity index (χ0) is 19.0. The van der Waals surface area contributed by atoms with Crippen molar-refractivity contribution in [3.63, 3.8) is 0 Å². The van der Waals surface area contributed by atoms with Crippen LogP contribution >= 0.6 is 0 Å². The monoisotopic (exact) mass is 386 g/mol. The molecule has 0 N–H and O–H groups in total. The Morgan fingerprint density at radius 3 is 2.67 bits per heavy atom. The van der Waals surface area contributed by atoms with Crippen molar-refractivity contribution in [2.75, 3.05) is 20.1 Å². The standard InChI is InChI=1S/C20H26N4O2S/c1-15-6-8-17(9-7-15)27(25,26)24-11-4-3-5-19(24)20-21-13-16-14-23(2)12-10-18(16)22-20/h6-9,13,19H,3-5,10-12,14H2,1-2H3/t19-/m1/s1. The topological polar surface area (TPSA) is 66.4 Å². The van der Waals surface area contributed by atoms with Crippen molar-refractivity contribution in [3.8, 4) is 0 Å². The highest BCUT2D eigenvalue weighted by atomic mass is 32.2. The van der Waals surface area contributed by atoms with Gasteiger partial charge in [0.25, 0.3) is 0 Å². The molecule has 2 aliphatic heterocycles. The molecular formula is C20H26N4O2S. The maximum Gasteiger partial charge on any atom is 0.243 e. The van der Waals surface area contributed by atoms with Gasteiger partial charge in [0.15, 0.2) is 0 Å². The average Bonchev–Trinajstić information content (AvgIpc) is 2.68. The summed E-state index contributed by atoms with van der Waals surface area (Å²) < 4.78 is 28.2. The van der Waals surface area contributed by atoms with Gasteiger partial charge in [-0.05, 0) is 38.9 Å². The van der Waals surface area contributed by atoms with E-state index in [-0.39, 0.29) is 6.04 Å². The van der Waals surface area contributed by atoms with Crippen LogP contribution in [0.3, 0.4) is 0 Å². The SMILES string of the molecule is Cc1ccc(S(=O)(=O)N2CCCC[C@@H]2c2ncc3c(n2)CCN(C)C3)cc1. The Morgan fingerprint density at radius 1 is 1.11 bits per heavy atom. The first kappa shape index (κ1) is 18.5. The number of rotatable bonds is 3. The minimum atomic E-state index is -3.56. The zero-order valence-electron chi connectivity index (χ0n) is 15.9. The molecule has 0 amide bonds. The molecule has 0 bridgehead atoms. The zero-order valence-corrected chi connectivity index (χ0v) is 16.7. The molecular weight excluding hydrogens is 360 g/mol. The van der Waals surface area contributed by atoms with Crippen LogP contribution in [0.15, 0.2) is 35.4 Å². The second-order valence-electron chi connectivity index (χ2n) is 7.63. The summed E-state index contributed by atoms with van der Waals surface area (Å²) in [6, 6.07) is 6.80. The molecule has 0 saturated carbocycles. The van der Waals surface area contributed by atoms with Gasteiger partial charge in [0.1, 0.15) is 5.82 Å². The Bertz CT molecular complexity index is 927. The second kappa shape index (κ2) is 7.30. The lowest BCUT2D eigenvalue weighted by Crippen LogP contribution is -2.39. The van der Waals surface area contributed by atoms with E-state index in [1.807, 2.05) is 25.3 Å². The number of aromatic nitrogens is 2. The van der Waals surface area contributed by atoms with E-state index in [2.05, 4.69) is 16.9 Å². The van der Waals surface area contributed by atoms with Gasteiger partial charge in [0.2, 0.25) is 10.0 Å². The molecule has 0 radical (unpaired) electrons. The number of benzene rings is 1. The van der Waals surface area contributed by atoms with Gasteiger partial charge in [-0.2, -0.15) is 4.31 Å². The number of nitrogens with zero attached hydrogens (tertiary/aromatic N) is 4. The van der Waals surface area contributed by atoms with Gasteiger partial charge in [0.05, 0.1) is 10.9 Å². The molecule has 1 atom stereocenters. The predicted molar refractivity (Wildman–Crippen MR) is 104 cm³/mol. The summed E-state index contributed by atoms with van der Waals surface area (Å²) in [5, 5.41) is 0. The van der Waals surface area contributed by atoms with Gasteiger partial charge in [-0.3, -0.25) is 0 Å². The fraction of sp³-hybridized carbons (Fsp3) is 0.500. The molecule has 3 heterocycles. The first-order chi connectivity index (χ1) is 12.9. The molecule has 2 aliphatic rings. The van der Waals surface area contributed by atoms with E-state index in [0.29, 0.717) is 17.3 Å². The van der Waals surface area contributed by atoms with Gasteiger partial charge in [-0.1, -0.05) is 24.1 Å². The maximum atomic E-state index is 13.3. The van der Waals surface area contributed by atoms with E-state index in [9.17, 15) is 8.42 Å². The van der Waals surface area contributed by atoms with Crippen LogP contribution in [0.4, 0.5) is 0 Å². The van der Waals surface area contributed by atoms with Crippen LogP contribution in [-0.2, 0) is 23.0 Å². The van der Waals surface area contributed by atoms with E-state index in [0.717, 1.165) is 55.6 Å². The minimum Gasteiger partial charge on any atom is -0.302 e. The number of aryl methyl sites for hydroxylation is 1. The predicted octanol–water partition coefficient (Wildman–Crippen LogP) is 2.69. The molecule has 1 aromatic carbocycles. The van der Waals surface area contributed by atoms with E-state index in [4.69, 9.17) is 4.98 Å². The Hall–Kier alpha value is -1.83. The van der Waals surface area contributed by atoms with Crippen molar-refractivity contribution in [2.45, 2.75) is 50.1 Å². The highest BCUT2D eigenvalue weighted by Crippen LogP contribution is 2.34. The summed E-state index contributed by atoms with van der Waals surface area (Å²) >= 11 is 0. The van der Waals surface area contributed by atoms with Crippen LogP contribution < -0.4 is 0 Å². The van der Waals surface area contributed by atoms with E-state index in [1.54, 1.807) is 16.4 Å². The van der Waals surface area contributed by atoms with Crippen LogP contribution in [0.1, 0.15) is 47.9 Å². The number of hydrogen-bond acceptors (Lipinski definition) is 5. The summed E-state index contributed by atoms with van der Waals surface area (Å²) in [5.74, 6) is 0.647. The molecule has 7 heteroatoms. The normalized spacial score (nSPS) is 21.8. The lowest BCUT2D eigenvalue weighted by atomic mass is 10.0. The fourth-order valence-electron chi connectivity index (χ4n) is 3.93. The Kier molecular flexibility index (Phi) is 5.01. The van der Waals surface area contributed by atoms with Gasteiger partial charge in [0, 0.05) is 43.5 Å². The smallest absolute Gasteiger partial charge is 0.243 e. The third kappa shape index (κ3) is 3.63. The molecule has 2 aromatic rings. The van der Waals surface area contributed by atoms with E-state index >= 15 is 0 Å². The number of fused-ring (bicyclic) bond motifs is 1. The van der Waals surface area contributed by atoms with Crippen molar-refractivity contribution < 1.29 is 8.42 Å². The molecule has 4 rings (SSSR count). The third-order valence-electron chi connectivity index (χ3n) is 5.52. The number of sulfonamides is 1. The van der Waals surface area contributed by atoms with Crippen LogP contribution in [0.5, 0.6) is 0 Å². The number of piperidine rings is 1. The molecule has 144 valence electrons. The first-order valence-electron chi connectivity index (χ1n) is 9.57. The lowest BCUT2D eigenvalue weighted by molar-refractivity contribution is 0.244. The Balaban J connectivity index is 1.68. The number of hydrogen-bond donors (Lipinski definition) is 0. The largest absolute Gasteiger partial charge is 0.302 e. The minimum absolute atomic E-state index is 0.282. The molecule has 0 spiro atoms. The molecule has 1 aromatic heterocycles. The van der Waals surface area contributed by atoms with Crippen molar-refractivity contribution in [2.24, 2.45) is 0 Å². The quantitative estimate of drug-likeness (QED) is 0.811. The molecule has 0 aliphatic carbocycles. The molecule has 6 nitrogen and oxygen atoms in total. The Morgan fingerprint density at radius 2 is 1.89 bits per heavy atom. The van der Waals surface area contributed by atoms with E-state index in [1.165, 1.54) is 0 Å². The van der Waals surface area contributed by atoms with Crippen LogP contribution in [0.25, 0.3) is 0 Å². The summed E-state index contributed by atoms with van der Waals surface area (Å²) in [5.41, 5.74) is 3.26. The van der Waals surface area contributed by atoms with Gasteiger partial charge >= 0.3 is 0 Å². The summed E-state index contributed by atoms with van der Waals surface area (Å²) in [7, 11) is -1.47. The van der Waals surface area contributed by atoms with Crippen molar-refractivity contribution in [1.29, 1.82) is 0 Å². The molecule has 27 heavy (non-hydrogen) atoms. The maximum absolute atomic E-state index is 13.3. The van der Waals surface area contributed by atoms with Gasteiger partial charge in [-0.15, -0.1) is 0 Å². The fourth-order valence-corrected chi connectivity index (χ4v) is 5.58. The summed E-state index contributed by atoms with van der Waals surface area (Å²) in [6.07, 6.45) is 5.41. The second-order valence-corrected chi connectivity index (χ2v) is 9.52. The van der Waals surface area contributed by atoms with Crippen LogP contribution in [0, 0.1) is 6.92 Å². The molecule has 1 fully saturated rings. The van der Waals surface area contributed by atoms with Crippen molar-refractivity contribution in [3.05, 3.63) is 53.1 Å². The highest BCUT2D eigenvalue weighted by Gasteiger charge is 2.36. The molecule has 1 saturated heterocycles. The first-order valence-corrected chi connectivity index (χ1v) is 11.0. The number of likely N-dealkylation sites (N-methyl/N-ethyl adjacent to an activating group) is 1. The Labute approximate surface area is 161 Å². The highest BCUT2D eigenvalue weighted by molar-refractivity contribution is 7.89. The van der Waals surface area contributed by atoms with Crippen molar-refractivity contribution in [1.82, 2.24) is 19.2 Å². The summed E-state index contributed by atoms with van der Waals surface area (Å²) in [4.78, 5) is 12.0. The van der Waals surface area contributed by atoms with Crippen molar-refractivity contribution >= 4 is 10.0 Å². The average molecular weight is 387 g/mol. The van der Waals surface area contributed by atoms with Gasteiger partial charge < -0.3 is 4.90 Å². The summed E-state index contributed by atoms with van der Waals surface area (Å²) in [6.45, 7) is 4.30. The van der Waals surface area contributed by atoms with E-state index < -0.39 is 10.0 Å². The van der Waals surface area contributed by atoms with Crippen LogP contribution in [0.2, 0.25) is 0 Å². The molecule has 0 unspecified atom stereocenters. The third-order valence-corrected chi connectivity index (χ3v) is 7.45. The van der Waals surface area contributed by atoms with Gasteiger partial charge in [-0.25, -0.2) is 18.4 Å².